The van der Waals surface area contributed by atoms with Crippen LogP contribution in [0.2, 0.25) is 0 Å². The third-order valence-electron chi connectivity index (χ3n) is 1.05. The van der Waals surface area contributed by atoms with Crippen molar-refractivity contribution in [2.75, 3.05) is 20.5 Å². The third-order valence-corrected chi connectivity index (χ3v) is 1.95. The van der Waals surface area contributed by atoms with Gasteiger partial charge in [0.15, 0.2) is 0 Å². The van der Waals surface area contributed by atoms with Crippen LogP contribution in [0.4, 0.5) is 9.59 Å². The molecule has 0 rings (SSSR count). The van der Waals surface area contributed by atoms with Gasteiger partial charge in [-0.15, -0.1) is 4.41 Å². The summed E-state index contributed by atoms with van der Waals surface area (Å²) in [5.41, 5.74) is 1.67. The normalized spacial score (nSPS) is 10.2. The second-order valence-corrected chi connectivity index (χ2v) is 3.93. The Morgan fingerprint density at radius 2 is 1.71 bits per heavy atom. The summed E-state index contributed by atoms with van der Waals surface area (Å²) in [5.74, 6) is 0. The molecule has 14 heavy (non-hydrogen) atoms. The molecular weight excluding hydrogens is 216 g/mol. The Bertz CT molecular complexity index is 323. The van der Waals surface area contributed by atoms with E-state index in [1.54, 1.807) is 5.43 Å². The summed E-state index contributed by atoms with van der Waals surface area (Å²) in [5, 5.41) is 0. The highest BCUT2D eigenvalue weighted by Crippen LogP contribution is 1.96. The third kappa shape index (κ3) is 3.47. The average molecular weight is 226 g/mol. The number of methoxy groups -OCH3 is 2. The van der Waals surface area contributed by atoms with E-state index in [-0.39, 0.29) is 4.41 Å². The minimum atomic E-state index is -3.93. The lowest BCUT2D eigenvalue weighted by atomic mass is 11.1. The number of hydrogen-bond acceptors (Lipinski definition) is 6. The van der Waals surface area contributed by atoms with Crippen molar-refractivity contribution >= 4 is 22.2 Å². The molecule has 0 aliphatic carbocycles. The van der Waals surface area contributed by atoms with Crippen LogP contribution in [-0.4, -0.2) is 45.5 Å². The topological polar surface area (TPSA) is 102 Å². The van der Waals surface area contributed by atoms with E-state index in [9.17, 15) is 18.0 Å². The second kappa shape index (κ2) is 4.65. The molecule has 0 fully saturated rings. The smallest absolute Gasteiger partial charge is 0.443 e. The van der Waals surface area contributed by atoms with E-state index in [1.807, 2.05) is 0 Å². The average Bonchev–Trinajstić information content (AvgIpc) is 2.10. The van der Waals surface area contributed by atoms with Crippen molar-refractivity contribution < 1.29 is 27.5 Å². The molecule has 0 atom stereocenters. The van der Waals surface area contributed by atoms with Gasteiger partial charge in [0, 0.05) is 0 Å². The molecule has 0 aliphatic heterocycles. The first-order valence-electron chi connectivity index (χ1n) is 3.25. The molecule has 82 valence electrons. The van der Waals surface area contributed by atoms with E-state index >= 15 is 0 Å². The number of carbonyl (C=O) groups is 2. The highest BCUT2D eigenvalue weighted by atomic mass is 32.2. The standard InChI is InChI=1S/C5H10N2O6S/c1-12-4(8)6-7(5(9)13-2)14(3,10)11/h1-3H3,(H,6,8). The quantitative estimate of drug-likeness (QED) is 0.592. The van der Waals surface area contributed by atoms with E-state index in [2.05, 4.69) is 9.47 Å². The fraction of sp³-hybridized carbons (Fsp3) is 0.600. The van der Waals surface area contributed by atoms with Gasteiger partial charge in [-0.25, -0.2) is 23.4 Å². The summed E-state index contributed by atoms with van der Waals surface area (Å²) < 4.78 is 30.1. The Morgan fingerprint density at radius 1 is 1.21 bits per heavy atom. The molecule has 0 aromatic rings. The van der Waals surface area contributed by atoms with Crippen LogP contribution in [0.5, 0.6) is 0 Å². The lowest BCUT2D eigenvalue weighted by Gasteiger charge is -2.17. The van der Waals surface area contributed by atoms with Gasteiger partial charge in [-0.2, -0.15) is 0 Å². The predicted molar refractivity (Wildman–Crippen MR) is 44.6 cm³/mol. The summed E-state index contributed by atoms with van der Waals surface area (Å²) in [4.78, 5) is 21.5. The lowest BCUT2D eigenvalue weighted by Crippen LogP contribution is -2.49. The van der Waals surface area contributed by atoms with Gasteiger partial charge < -0.3 is 9.47 Å². The summed E-state index contributed by atoms with van der Waals surface area (Å²) in [6.07, 6.45) is -1.61. The van der Waals surface area contributed by atoms with Gasteiger partial charge in [0.25, 0.3) is 10.0 Å². The van der Waals surface area contributed by atoms with Gasteiger partial charge in [0.2, 0.25) is 0 Å². The van der Waals surface area contributed by atoms with Crippen molar-refractivity contribution in [3.8, 4) is 0 Å². The minimum absolute atomic E-state index is 0.0266. The van der Waals surface area contributed by atoms with Crippen LogP contribution in [-0.2, 0) is 19.5 Å². The zero-order valence-electron chi connectivity index (χ0n) is 7.80. The van der Waals surface area contributed by atoms with Crippen LogP contribution in [0, 0.1) is 0 Å². The first kappa shape index (κ1) is 12.5. The maximum absolute atomic E-state index is 10.9. The van der Waals surface area contributed by atoms with Crippen LogP contribution in [0.1, 0.15) is 0 Å². The van der Waals surface area contributed by atoms with Crippen molar-refractivity contribution in [3.63, 3.8) is 0 Å². The predicted octanol–water partition coefficient (Wildman–Crippen LogP) is -0.715. The SMILES string of the molecule is COC(=O)NN(C(=O)OC)S(C)(=O)=O. The number of sulfonamides is 1. The Kier molecular flexibility index (Phi) is 4.15. The van der Waals surface area contributed by atoms with Crippen LogP contribution < -0.4 is 5.43 Å². The Balaban J connectivity index is 4.76. The van der Waals surface area contributed by atoms with Gasteiger partial charge in [-0.3, -0.25) is 0 Å². The number of rotatable bonds is 1. The van der Waals surface area contributed by atoms with E-state index in [0.717, 1.165) is 20.5 Å². The molecule has 0 aromatic heterocycles. The Labute approximate surface area is 80.8 Å². The molecule has 0 bridgehead atoms. The van der Waals surface area contributed by atoms with Gasteiger partial charge in [0.1, 0.15) is 0 Å². The van der Waals surface area contributed by atoms with E-state index in [0.29, 0.717) is 0 Å². The maximum atomic E-state index is 10.9. The van der Waals surface area contributed by atoms with Crippen molar-refractivity contribution in [3.05, 3.63) is 0 Å². The van der Waals surface area contributed by atoms with Gasteiger partial charge in [0.05, 0.1) is 20.5 Å². The number of hydrazine groups is 1. The van der Waals surface area contributed by atoms with Crippen molar-refractivity contribution in [1.29, 1.82) is 0 Å². The van der Waals surface area contributed by atoms with Gasteiger partial charge in [-0.05, 0) is 0 Å². The molecule has 0 radical (unpaired) electrons. The zero-order valence-corrected chi connectivity index (χ0v) is 8.62. The maximum Gasteiger partial charge on any atom is 0.443 e. The Morgan fingerprint density at radius 3 is 2.00 bits per heavy atom. The number of hydrogen-bond donors (Lipinski definition) is 1. The van der Waals surface area contributed by atoms with Crippen LogP contribution >= 0.6 is 0 Å². The summed E-state index contributed by atoms with van der Waals surface area (Å²) in [6, 6.07) is 0. The summed E-state index contributed by atoms with van der Waals surface area (Å²) in [7, 11) is -1.94. The first-order chi connectivity index (χ1) is 6.32. The van der Waals surface area contributed by atoms with Crippen LogP contribution in [0.15, 0.2) is 0 Å². The highest BCUT2D eigenvalue weighted by molar-refractivity contribution is 7.88. The fourth-order valence-electron chi connectivity index (χ4n) is 0.475. The van der Waals surface area contributed by atoms with Gasteiger partial charge >= 0.3 is 12.2 Å². The fourth-order valence-corrected chi connectivity index (χ4v) is 1.06. The molecule has 0 unspecified atom stereocenters. The largest absolute Gasteiger partial charge is 0.452 e. The van der Waals surface area contributed by atoms with Crippen LogP contribution in [0.3, 0.4) is 0 Å². The van der Waals surface area contributed by atoms with E-state index in [4.69, 9.17) is 0 Å². The second-order valence-electron chi connectivity index (χ2n) is 2.10. The zero-order chi connectivity index (χ0) is 11.4. The van der Waals surface area contributed by atoms with E-state index in [1.165, 1.54) is 0 Å². The summed E-state index contributed by atoms with van der Waals surface area (Å²) in [6.45, 7) is 0. The monoisotopic (exact) mass is 226 g/mol. The molecule has 1 N–H and O–H groups in total. The molecule has 0 heterocycles. The minimum Gasteiger partial charge on any atom is -0.452 e. The number of nitrogens with one attached hydrogen (secondary N) is 1. The molecule has 8 nitrogen and oxygen atoms in total. The van der Waals surface area contributed by atoms with Crippen molar-refractivity contribution in [2.24, 2.45) is 0 Å². The molecule has 2 amide bonds. The number of ether oxygens (including phenoxy) is 2. The molecule has 9 heteroatoms. The van der Waals surface area contributed by atoms with Gasteiger partial charge in [-0.1, -0.05) is 0 Å². The van der Waals surface area contributed by atoms with Crippen molar-refractivity contribution in [1.82, 2.24) is 9.84 Å². The molecule has 0 spiro atoms. The highest BCUT2D eigenvalue weighted by Gasteiger charge is 2.26. The summed E-state index contributed by atoms with van der Waals surface area (Å²) >= 11 is 0. The lowest BCUT2D eigenvalue weighted by molar-refractivity contribution is 0.120. The first-order valence-corrected chi connectivity index (χ1v) is 5.10. The number of amides is 2. The molecule has 0 saturated heterocycles. The molecular formula is C5H10N2O6S. The molecule has 0 saturated carbocycles. The van der Waals surface area contributed by atoms with Crippen molar-refractivity contribution in [2.45, 2.75) is 0 Å². The Hall–Kier alpha value is -1.51. The number of nitrogens with zero attached hydrogens (tertiary/aromatic N) is 1. The molecule has 0 aliphatic rings. The van der Waals surface area contributed by atoms with Crippen LogP contribution in [0.25, 0.3) is 0 Å². The van der Waals surface area contributed by atoms with E-state index < -0.39 is 22.2 Å². The number of carbonyl (C=O) groups excluding carboxylic acids is 2. The molecule has 0 aromatic carbocycles.